The van der Waals surface area contributed by atoms with Crippen LogP contribution in [0.25, 0.3) is 0 Å². The van der Waals surface area contributed by atoms with Crippen LogP contribution in [0.15, 0.2) is 6.20 Å². The van der Waals surface area contributed by atoms with Gasteiger partial charge in [-0.15, -0.1) is 23.7 Å². The Bertz CT molecular complexity index is 446. The summed E-state index contributed by atoms with van der Waals surface area (Å²) in [5, 5.41) is 4.79. The van der Waals surface area contributed by atoms with Gasteiger partial charge in [0, 0.05) is 36.1 Å². The predicted octanol–water partition coefficient (Wildman–Crippen LogP) is 3.05. The summed E-state index contributed by atoms with van der Waals surface area (Å²) < 4.78 is 0. The van der Waals surface area contributed by atoms with Gasteiger partial charge in [-0.2, -0.15) is 0 Å². The second-order valence-electron chi connectivity index (χ2n) is 7.27. The summed E-state index contributed by atoms with van der Waals surface area (Å²) in [5.74, 6) is 0. The van der Waals surface area contributed by atoms with Crippen molar-refractivity contribution >= 4 is 23.7 Å². The van der Waals surface area contributed by atoms with Crippen molar-refractivity contribution in [2.24, 2.45) is 5.41 Å². The summed E-state index contributed by atoms with van der Waals surface area (Å²) in [5.41, 5.74) is 0.766. The topological polar surface area (TPSA) is 28.2 Å². The maximum Gasteiger partial charge on any atom is 0.0981 e. The summed E-state index contributed by atoms with van der Waals surface area (Å²) in [6.45, 7) is 12.8. The van der Waals surface area contributed by atoms with Crippen molar-refractivity contribution in [3.63, 3.8) is 0 Å². The van der Waals surface area contributed by atoms with Crippen molar-refractivity contribution in [2.45, 2.75) is 45.6 Å². The molecule has 114 valence electrons. The van der Waals surface area contributed by atoms with E-state index in [4.69, 9.17) is 0 Å². The molecule has 2 aliphatic rings. The first-order valence-electron chi connectivity index (χ1n) is 7.35. The molecule has 0 amide bonds. The molecular formula is C15H26ClN3S. The zero-order valence-corrected chi connectivity index (χ0v) is 14.4. The molecule has 1 atom stereocenters. The average molecular weight is 316 g/mol. The molecule has 0 aromatic carbocycles. The van der Waals surface area contributed by atoms with Crippen molar-refractivity contribution in [3.05, 3.63) is 16.1 Å². The Labute approximate surface area is 132 Å². The Morgan fingerprint density at radius 2 is 2.20 bits per heavy atom. The quantitative estimate of drug-likeness (QED) is 0.909. The van der Waals surface area contributed by atoms with Crippen molar-refractivity contribution in [3.8, 4) is 0 Å². The standard InChI is InChI=1S/C15H25N3S.ClH/c1-14(2,3)13-17-8-12(19-13)9-18-7-5-15(11-18)4-6-16-10-15;/h8,16H,4-7,9-11H2,1-3H3;1H. The van der Waals surface area contributed by atoms with Crippen LogP contribution in [-0.2, 0) is 12.0 Å². The second kappa shape index (κ2) is 5.91. The zero-order chi connectivity index (χ0) is 13.5. The van der Waals surface area contributed by atoms with Crippen molar-refractivity contribution in [2.75, 3.05) is 26.2 Å². The van der Waals surface area contributed by atoms with Gasteiger partial charge in [0.15, 0.2) is 0 Å². The number of halogens is 1. The van der Waals surface area contributed by atoms with Gasteiger partial charge in [-0.1, -0.05) is 20.8 Å². The van der Waals surface area contributed by atoms with Crippen molar-refractivity contribution in [1.82, 2.24) is 15.2 Å². The van der Waals surface area contributed by atoms with Gasteiger partial charge >= 0.3 is 0 Å². The molecule has 1 aromatic rings. The first-order chi connectivity index (χ1) is 8.97. The van der Waals surface area contributed by atoms with E-state index in [-0.39, 0.29) is 17.8 Å². The summed E-state index contributed by atoms with van der Waals surface area (Å²) in [6.07, 6.45) is 4.81. The monoisotopic (exact) mass is 315 g/mol. The van der Waals surface area contributed by atoms with Gasteiger partial charge in [0.2, 0.25) is 0 Å². The number of likely N-dealkylation sites (tertiary alicyclic amines) is 1. The maximum absolute atomic E-state index is 4.60. The fraction of sp³-hybridized carbons (Fsp3) is 0.800. The summed E-state index contributed by atoms with van der Waals surface area (Å²) in [7, 11) is 0. The molecule has 1 spiro atoms. The third-order valence-corrected chi connectivity index (χ3v) is 5.83. The van der Waals surface area contributed by atoms with Crippen LogP contribution in [0.1, 0.15) is 43.5 Å². The SMILES string of the molecule is CC(C)(C)c1ncc(CN2CCC3(CCNC3)C2)s1.Cl. The van der Waals surface area contributed by atoms with Gasteiger partial charge in [0.25, 0.3) is 0 Å². The van der Waals surface area contributed by atoms with Crippen LogP contribution in [-0.4, -0.2) is 36.1 Å². The molecule has 0 bridgehead atoms. The van der Waals surface area contributed by atoms with Gasteiger partial charge < -0.3 is 5.32 Å². The smallest absolute Gasteiger partial charge is 0.0981 e. The number of hydrogen-bond acceptors (Lipinski definition) is 4. The maximum atomic E-state index is 4.60. The fourth-order valence-electron chi connectivity index (χ4n) is 3.25. The molecule has 2 saturated heterocycles. The van der Waals surface area contributed by atoms with E-state index in [1.165, 1.54) is 48.9 Å². The fourth-order valence-corrected chi connectivity index (χ4v) is 4.27. The molecule has 1 N–H and O–H groups in total. The normalized spacial score (nSPS) is 27.1. The average Bonchev–Trinajstić information content (AvgIpc) is 3.01. The highest BCUT2D eigenvalue weighted by atomic mass is 35.5. The van der Waals surface area contributed by atoms with Crippen molar-refractivity contribution < 1.29 is 0 Å². The van der Waals surface area contributed by atoms with E-state index >= 15 is 0 Å². The molecule has 1 unspecified atom stereocenters. The Hall–Kier alpha value is -0.160. The molecule has 1 aromatic heterocycles. The second-order valence-corrected chi connectivity index (χ2v) is 8.38. The lowest BCUT2D eigenvalue weighted by atomic mass is 9.87. The molecule has 0 saturated carbocycles. The van der Waals surface area contributed by atoms with Gasteiger partial charge in [-0.05, 0) is 31.3 Å². The first-order valence-corrected chi connectivity index (χ1v) is 8.17. The van der Waals surface area contributed by atoms with E-state index in [1.54, 1.807) is 0 Å². The minimum Gasteiger partial charge on any atom is -0.316 e. The van der Waals surface area contributed by atoms with Crippen LogP contribution >= 0.6 is 23.7 Å². The number of nitrogens with one attached hydrogen (secondary N) is 1. The third kappa shape index (κ3) is 3.35. The molecule has 2 aliphatic heterocycles. The van der Waals surface area contributed by atoms with E-state index in [2.05, 4.69) is 42.2 Å². The number of rotatable bonds is 2. The summed E-state index contributed by atoms with van der Waals surface area (Å²) in [4.78, 5) is 8.64. The molecule has 20 heavy (non-hydrogen) atoms. The van der Waals surface area contributed by atoms with E-state index in [0.29, 0.717) is 5.41 Å². The van der Waals surface area contributed by atoms with Crippen LogP contribution < -0.4 is 5.32 Å². The van der Waals surface area contributed by atoms with E-state index in [1.807, 2.05) is 11.3 Å². The molecular weight excluding hydrogens is 290 g/mol. The molecule has 0 aliphatic carbocycles. The number of thiazole rings is 1. The largest absolute Gasteiger partial charge is 0.316 e. The lowest BCUT2D eigenvalue weighted by molar-refractivity contribution is 0.270. The van der Waals surface area contributed by atoms with Crippen LogP contribution in [0.2, 0.25) is 0 Å². The minimum absolute atomic E-state index is 0. The highest BCUT2D eigenvalue weighted by Gasteiger charge is 2.40. The summed E-state index contributed by atoms with van der Waals surface area (Å²) in [6, 6.07) is 0. The van der Waals surface area contributed by atoms with Gasteiger partial charge in [-0.25, -0.2) is 4.98 Å². The van der Waals surface area contributed by atoms with Crippen molar-refractivity contribution in [1.29, 1.82) is 0 Å². The highest BCUT2D eigenvalue weighted by Crippen LogP contribution is 2.37. The molecule has 3 heterocycles. The predicted molar refractivity (Wildman–Crippen MR) is 87.9 cm³/mol. The Morgan fingerprint density at radius 1 is 1.40 bits per heavy atom. The summed E-state index contributed by atoms with van der Waals surface area (Å²) >= 11 is 1.89. The Kier molecular flexibility index (Phi) is 4.80. The van der Waals surface area contributed by atoms with Crippen LogP contribution in [0.5, 0.6) is 0 Å². The zero-order valence-electron chi connectivity index (χ0n) is 12.7. The van der Waals surface area contributed by atoms with E-state index < -0.39 is 0 Å². The minimum atomic E-state index is 0. The van der Waals surface area contributed by atoms with Crippen LogP contribution in [0.4, 0.5) is 0 Å². The van der Waals surface area contributed by atoms with E-state index in [0.717, 1.165) is 6.54 Å². The highest BCUT2D eigenvalue weighted by molar-refractivity contribution is 7.11. The molecule has 3 rings (SSSR count). The number of aromatic nitrogens is 1. The van der Waals surface area contributed by atoms with E-state index in [9.17, 15) is 0 Å². The molecule has 5 heteroatoms. The van der Waals surface area contributed by atoms with Crippen LogP contribution in [0.3, 0.4) is 0 Å². The van der Waals surface area contributed by atoms with Crippen LogP contribution in [0, 0.1) is 5.41 Å². The van der Waals surface area contributed by atoms with Gasteiger partial charge in [-0.3, -0.25) is 4.90 Å². The Morgan fingerprint density at radius 3 is 2.80 bits per heavy atom. The Balaban J connectivity index is 0.00000147. The van der Waals surface area contributed by atoms with Gasteiger partial charge in [0.05, 0.1) is 5.01 Å². The molecule has 3 nitrogen and oxygen atoms in total. The molecule has 0 radical (unpaired) electrons. The lowest BCUT2D eigenvalue weighted by Crippen LogP contribution is -2.28. The lowest BCUT2D eigenvalue weighted by Gasteiger charge is -2.22. The molecule has 2 fully saturated rings. The number of hydrogen-bond donors (Lipinski definition) is 1. The van der Waals surface area contributed by atoms with Gasteiger partial charge in [0.1, 0.15) is 0 Å². The third-order valence-electron chi connectivity index (χ3n) is 4.42. The first kappa shape index (κ1) is 16.2. The number of nitrogens with zero attached hydrogens (tertiary/aromatic N) is 2.